The van der Waals surface area contributed by atoms with Crippen LogP contribution in [0, 0.1) is 0 Å². The smallest absolute Gasteiger partial charge is 0.0827 e. The van der Waals surface area contributed by atoms with E-state index in [1.54, 1.807) is 12.1 Å². The molecule has 2 heterocycles. The van der Waals surface area contributed by atoms with Crippen LogP contribution in [0.2, 0.25) is 15.1 Å². The SMILES string of the molecule is Clc1ccc(Cl)c(CNCC2CN3CCCC3CO2)c1Cl. The Labute approximate surface area is 140 Å². The lowest BCUT2D eigenvalue weighted by molar-refractivity contribution is -0.0470. The Morgan fingerprint density at radius 3 is 2.90 bits per heavy atom. The molecule has 2 atom stereocenters. The van der Waals surface area contributed by atoms with E-state index in [0.717, 1.165) is 25.3 Å². The molecular formula is C15H19Cl3N2O. The second-order valence-corrected chi connectivity index (χ2v) is 6.89. The number of nitrogens with zero attached hydrogens (tertiary/aromatic N) is 1. The van der Waals surface area contributed by atoms with Gasteiger partial charge in [-0.3, -0.25) is 4.90 Å². The van der Waals surface area contributed by atoms with Crippen LogP contribution in [0.25, 0.3) is 0 Å². The third-order valence-corrected chi connectivity index (χ3v) is 5.47. The summed E-state index contributed by atoms with van der Waals surface area (Å²) in [7, 11) is 0. The Morgan fingerprint density at radius 2 is 2.05 bits per heavy atom. The van der Waals surface area contributed by atoms with Crippen LogP contribution in [0.3, 0.4) is 0 Å². The molecule has 2 unspecified atom stereocenters. The van der Waals surface area contributed by atoms with Crippen LogP contribution in [0.15, 0.2) is 12.1 Å². The molecule has 2 aliphatic heterocycles. The van der Waals surface area contributed by atoms with Gasteiger partial charge in [0.2, 0.25) is 0 Å². The Hall–Kier alpha value is -0.0300. The van der Waals surface area contributed by atoms with E-state index in [9.17, 15) is 0 Å². The van der Waals surface area contributed by atoms with Crippen molar-refractivity contribution in [3.8, 4) is 0 Å². The van der Waals surface area contributed by atoms with Gasteiger partial charge in [-0.2, -0.15) is 0 Å². The van der Waals surface area contributed by atoms with Gasteiger partial charge in [-0.25, -0.2) is 0 Å². The Kier molecular flexibility index (Phi) is 5.31. The monoisotopic (exact) mass is 348 g/mol. The average Bonchev–Trinajstić information content (AvgIpc) is 2.94. The standard InChI is InChI=1S/C15H19Cl3N2O/c16-13-3-4-14(17)15(18)12(13)7-19-6-11-8-20-5-1-2-10(20)9-21-11/h3-4,10-11,19H,1-2,5-9H2. The first-order chi connectivity index (χ1) is 10.1. The normalized spacial score (nSPS) is 26.0. The van der Waals surface area contributed by atoms with Gasteiger partial charge in [0.15, 0.2) is 0 Å². The third-order valence-electron chi connectivity index (χ3n) is 4.27. The lowest BCUT2D eigenvalue weighted by Gasteiger charge is -2.35. The number of nitrogens with one attached hydrogen (secondary N) is 1. The minimum Gasteiger partial charge on any atom is -0.374 e. The lowest BCUT2D eigenvalue weighted by Crippen LogP contribution is -2.49. The second-order valence-electron chi connectivity index (χ2n) is 5.70. The molecule has 2 aliphatic rings. The topological polar surface area (TPSA) is 24.5 Å². The number of ether oxygens (including phenoxy) is 1. The van der Waals surface area contributed by atoms with Crippen molar-refractivity contribution in [1.29, 1.82) is 0 Å². The molecular weight excluding hydrogens is 331 g/mol. The average molecular weight is 350 g/mol. The van der Waals surface area contributed by atoms with Gasteiger partial charge in [-0.15, -0.1) is 0 Å². The Morgan fingerprint density at radius 1 is 1.24 bits per heavy atom. The molecule has 116 valence electrons. The molecule has 3 rings (SSSR count). The van der Waals surface area contributed by atoms with Crippen molar-refractivity contribution in [3.05, 3.63) is 32.8 Å². The predicted molar refractivity (Wildman–Crippen MR) is 87.5 cm³/mol. The van der Waals surface area contributed by atoms with Crippen molar-refractivity contribution in [3.63, 3.8) is 0 Å². The minimum atomic E-state index is 0.232. The molecule has 0 saturated carbocycles. The molecule has 2 saturated heterocycles. The van der Waals surface area contributed by atoms with Gasteiger partial charge in [0, 0.05) is 36.3 Å². The fourth-order valence-electron chi connectivity index (χ4n) is 3.10. The van der Waals surface area contributed by atoms with Gasteiger partial charge in [0.05, 0.1) is 22.8 Å². The summed E-state index contributed by atoms with van der Waals surface area (Å²) >= 11 is 18.4. The number of morpholine rings is 1. The van der Waals surface area contributed by atoms with Crippen LogP contribution >= 0.6 is 34.8 Å². The van der Waals surface area contributed by atoms with Crippen LogP contribution in [0.1, 0.15) is 18.4 Å². The van der Waals surface area contributed by atoms with Crippen molar-refractivity contribution in [1.82, 2.24) is 10.2 Å². The van der Waals surface area contributed by atoms with Crippen molar-refractivity contribution in [2.24, 2.45) is 0 Å². The summed E-state index contributed by atoms with van der Waals surface area (Å²) < 4.78 is 5.92. The van der Waals surface area contributed by atoms with Gasteiger partial charge < -0.3 is 10.1 Å². The quantitative estimate of drug-likeness (QED) is 0.841. The van der Waals surface area contributed by atoms with Crippen molar-refractivity contribution in [2.45, 2.75) is 31.5 Å². The summed E-state index contributed by atoms with van der Waals surface area (Å²) in [4.78, 5) is 2.54. The zero-order valence-electron chi connectivity index (χ0n) is 11.7. The summed E-state index contributed by atoms with van der Waals surface area (Å²) in [5, 5.41) is 5.08. The zero-order chi connectivity index (χ0) is 14.8. The highest BCUT2D eigenvalue weighted by Gasteiger charge is 2.31. The van der Waals surface area contributed by atoms with E-state index < -0.39 is 0 Å². The van der Waals surface area contributed by atoms with E-state index in [1.807, 2.05) is 0 Å². The van der Waals surface area contributed by atoms with Crippen LogP contribution in [0.5, 0.6) is 0 Å². The summed E-state index contributed by atoms with van der Waals surface area (Å²) in [6, 6.07) is 4.13. The van der Waals surface area contributed by atoms with Crippen LogP contribution in [0.4, 0.5) is 0 Å². The largest absolute Gasteiger partial charge is 0.374 e. The van der Waals surface area contributed by atoms with Gasteiger partial charge in [-0.05, 0) is 31.5 Å². The molecule has 0 amide bonds. The lowest BCUT2D eigenvalue weighted by atomic mass is 10.2. The second kappa shape index (κ2) is 7.03. The summed E-state index contributed by atoms with van der Waals surface area (Å²) in [6.07, 6.45) is 2.80. The highest BCUT2D eigenvalue weighted by atomic mass is 35.5. The van der Waals surface area contributed by atoms with Crippen LogP contribution in [-0.2, 0) is 11.3 Å². The van der Waals surface area contributed by atoms with Crippen LogP contribution < -0.4 is 5.32 Å². The highest BCUT2D eigenvalue weighted by Crippen LogP contribution is 2.31. The van der Waals surface area contributed by atoms with Gasteiger partial charge >= 0.3 is 0 Å². The third kappa shape index (κ3) is 3.66. The maximum atomic E-state index is 6.20. The number of rotatable bonds is 4. The summed E-state index contributed by atoms with van der Waals surface area (Å²) in [6.45, 7) is 4.46. The maximum absolute atomic E-state index is 6.20. The summed E-state index contributed by atoms with van der Waals surface area (Å²) in [5.74, 6) is 0. The number of hydrogen-bond acceptors (Lipinski definition) is 3. The predicted octanol–water partition coefficient (Wildman–Crippen LogP) is 3.60. The van der Waals surface area contributed by atoms with E-state index in [0.29, 0.717) is 27.7 Å². The first kappa shape index (κ1) is 15.9. The molecule has 21 heavy (non-hydrogen) atoms. The molecule has 2 fully saturated rings. The van der Waals surface area contributed by atoms with E-state index >= 15 is 0 Å². The molecule has 0 bridgehead atoms. The molecule has 0 spiro atoms. The van der Waals surface area contributed by atoms with E-state index in [4.69, 9.17) is 39.5 Å². The minimum absolute atomic E-state index is 0.232. The van der Waals surface area contributed by atoms with Crippen molar-refractivity contribution in [2.75, 3.05) is 26.2 Å². The number of benzene rings is 1. The molecule has 0 aliphatic carbocycles. The van der Waals surface area contributed by atoms with Gasteiger partial charge in [-0.1, -0.05) is 34.8 Å². The van der Waals surface area contributed by atoms with E-state index in [1.165, 1.54) is 19.4 Å². The first-order valence-electron chi connectivity index (χ1n) is 7.34. The number of fused-ring (bicyclic) bond motifs is 1. The molecule has 0 radical (unpaired) electrons. The van der Waals surface area contributed by atoms with Gasteiger partial charge in [0.1, 0.15) is 0 Å². The Balaban J connectivity index is 1.51. The highest BCUT2D eigenvalue weighted by molar-refractivity contribution is 6.44. The zero-order valence-corrected chi connectivity index (χ0v) is 14.0. The van der Waals surface area contributed by atoms with E-state index in [2.05, 4.69) is 10.2 Å². The Bertz CT molecular complexity index is 512. The number of halogens is 3. The molecule has 0 aromatic heterocycles. The molecule has 6 heteroatoms. The van der Waals surface area contributed by atoms with Gasteiger partial charge in [0.25, 0.3) is 0 Å². The molecule has 1 N–H and O–H groups in total. The fraction of sp³-hybridized carbons (Fsp3) is 0.600. The summed E-state index contributed by atoms with van der Waals surface area (Å²) in [5.41, 5.74) is 0.848. The fourth-order valence-corrected chi connectivity index (χ4v) is 3.78. The van der Waals surface area contributed by atoms with E-state index in [-0.39, 0.29) is 6.10 Å². The van der Waals surface area contributed by atoms with Crippen molar-refractivity contribution < 1.29 is 4.74 Å². The molecule has 3 nitrogen and oxygen atoms in total. The van der Waals surface area contributed by atoms with Crippen molar-refractivity contribution >= 4 is 34.8 Å². The number of hydrogen-bond donors (Lipinski definition) is 1. The first-order valence-corrected chi connectivity index (χ1v) is 8.47. The van der Waals surface area contributed by atoms with Crippen LogP contribution in [-0.4, -0.2) is 43.3 Å². The molecule has 1 aromatic rings. The molecule has 1 aromatic carbocycles. The maximum Gasteiger partial charge on any atom is 0.0827 e.